The molecule has 42 heavy (non-hydrogen) atoms. The first-order chi connectivity index (χ1) is 20.6. The van der Waals surface area contributed by atoms with Crippen LogP contribution in [0.3, 0.4) is 0 Å². The molecule has 0 spiro atoms. The summed E-state index contributed by atoms with van der Waals surface area (Å²) in [5.74, 6) is 0.846. The number of ether oxygens (including phenoxy) is 1. The Morgan fingerprint density at radius 2 is 1.26 bits per heavy atom. The Bertz CT molecular complexity index is 1380. The molecule has 0 aromatic heterocycles. The van der Waals surface area contributed by atoms with E-state index in [0.717, 1.165) is 66.5 Å². The maximum atomic E-state index is 6.87. The predicted molar refractivity (Wildman–Crippen MR) is 177 cm³/mol. The number of rotatable bonds is 13. The van der Waals surface area contributed by atoms with Gasteiger partial charge in [0.25, 0.3) is 0 Å². The molecule has 5 rings (SSSR count). The monoisotopic (exact) mass is 558 g/mol. The molecule has 1 fully saturated rings. The molecule has 1 saturated heterocycles. The van der Waals surface area contributed by atoms with E-state index >= 15 is 0 Å². The zero-order valence-corrected chi connectivity index (χ0v) is 24.8. The molecule has 214 valence electrons. The molecular weight excluding hydrogens is 518 g/mol. The van der Waals surface area contributed by atoms with Crippen molar-refractivity contribution in [2.24, 2.45) is 4.99 Å². The van der Waals surface area contributed by atoms with Crippen molar-refractivity contribution >= 4 is 42.4 Å². The highest BCUT2D eigenvalue weighted by atomic mass is 16.5. The number of hydrogen-bond acceptors (Lipinski definition) is 5. The molecule has 0 N–H and O–H groups in total. The quantitative estimate of drug-likeness (QED) is 0.142. The van der Waals surface area contributed by atoms with Crippen molar-refractivity contribution in [3.05, 3.63) is 115 Å². The first-order valence-corrected chi connectivity index (χ1v) is 14.9. The second-order valence-electron chi connectivity index (χ2n) is 11.1. The number of aliphatic imine (C=N–C) groups is 1. The summed E-state index contributed by atoms with van der Waals surface area (Å²) in [6.07, 6.45) is 2.57. The zero-order valence-electron chi connectivity index (χ0n) is 24.8. The van der Waals surface area contributed by atoms with Gasteiger partial charge in [0, 0.05) is 39.1 Å². The van der Waals surface area contributed by atoms with E-state index in [0.29, 0.717) is 6.61 Å². The third-order valence-electron chi connectivity index (χ3n) is 8.17. The van der Waals surface area contributed by atoms with Gasteiger partial charge in [-0.25, -0.2) is 0 Å². The summed E-state index contributed by atoms with van der Waals surface area (Å²) < 4.78 is 18.7. The van der Waals surface area contributed by atoms with Gasteiger partial charge in [0.1, 0.15) is 11.5 Å². The van der Waals surface area contributed by atoms with Crippen molar-refractivity contribution in [2.45, 2.75) is 31.9 Å². The van der Waals surface area contributed by atoms with Crippen molar-refractivity contribution in [1.29, 1.82) is 0 Å². The second kappa shape index (κ2) is 14.5. The first-order valence-electron chi connectivity index (χ1n) is 14.9. The van der Waals surface area contributed by atoms with Gasteiger partial charge in [-0.3, -0.25) is 4.99 Å². The molecule has 4 aromatic rings. The number of methoxy groups -OCH3 is 1. The maximum absolute atomic E-state index is 6.87. The molecule has 1 heterocycles. The highest BCUT2D eigenvalue weighted by Gasteiger charge is 2.39. The molecule has 0 bridgehead atoms. The summed E-state index contributed by atoms with van der Waals surface area (Å²) in [6.45, 7) is 9.25. The third-order valence-corrected chi connectivity index (χ3v) is 8.17. The minimum Gasteiger partial charge on any atom is -0.497 e. The van der Waals surface area contributed by atoms with Gasteiger partial charge in [-0.05, 0) is 54.0 Å². The van der Waals surface area contributed by atoms with Gasteiger partial charge in [-0.1, -0.05) is 103 Å². The molecule has 4 aromatic carbocycles. The summed E-state index contributed by atoms with van der Waals surface area (Å²) in [6, 6.07) is 37.6. The topological polar surface area (TPSA) is 43.3 Å². The van der Waals surface area contributed by atoms with Crippen LogP contribution in [0.1, 0.15) is 24.8 Å². The Hall–Kier alpha value is -3.64. The second-order valence-corrected chi connectivity index (χ2v) is 11.1. The van der Waals surface area contributed by atoms with Gasteiger partial charge in [-0.15, -0.1) is 0 Å². The van der Waals surface area contributed by atoms with Crippen LogP contribution in [0.2, 0.25) is 0 Å². The van der Waals surface area contributed by atoms with Crippen LogP contribution in [0.4, 0.5) is 0 Å². The molecule has 0 saturated carbocycles. The van der Waals surface area contributed by atoms with E-state index in [9.17, 15) is 0 Å². The van der Waals surface area contributed by atoms with E-state index in [2.05, 4.69) is 108 Å². The summed E-state index contributed by atoms with van der Waals surface area (Å²) >= 11 is 0. The van der Waals surface area contributed by atoms with Gasteiger partial charge in [0.15, 0.2) is 0 Å². The van der Waals surface area contributed by atoms with Gasteiger partial charge < -0.3 is 18.9 Å². The normalized spacial score (nSPS) is 14.7. The van der Waals surface area contributed by atoms with Gasteiger partial charge >= 0.3 is 13.8 Å². The van der Waals surface area contributed by atoms with Crippen LogP contribution in [-0.2, 0) is 9.31 Å². The van der Waals surface area contributed by atoms with Crippen LogP contribution in [0, 0.1) is 6.92 Å². The Balaban J connectivity index is 1.17. The molecule has 1 aliphatic heterocycles. The molecule has 0 aliphatic carbocycles. The van der Waals surface area contributed by atoms with Crippen LogP contribution < -0.4 is 26.6 Å². The van der Waals surface area contributed by atoms with Crippen molar-refractivity contribution in [2.75, 3.05) is 33.4 Å². The number of nitrogens with zero attached hydrogens (tertiary/aromatic N) is 2. The fraction of sp³-hybridized carbons (Fsp3) is 0.286. The lowest BCUT2D eigenvalue weighted by atomic mass is 9.55. The van der Waals surface area contributed by atoms with Crippen LogP contribution in [0.25, 0.3) is 0 Å². The maximum Gasteiger partial charge on any atom is 0.363 e. The Morgan fingerprint density at radius 1 is 0.738 bits per heavy atom. The molecule has 0 unspecified atom stereocenters. The minimum atomic E-state index is -0.606. The van der Waals surface area contributed by atoms with Crippen LogP contribution in [0.5, 0.6) is 5.75 Å². The van der Waals surface area contributed by atoms with Crippen molar-refractivity contribution in [3.63, 3.8) is 0 Å². The first kappa shape index (κ1) is 29.8. The molecule has 7 heteroatoms. The molecule has 0 radical (unpaired) electrons. The lowest BCUT2D eigenvalue weighted by molar-refractivity contribution is 0.00945. The number of likely N-dealkylation sites (tertiary alicyclic amines) is 1. The van der Waals surface area contributed by atoms with E-state index in [-0.39, 0.29) is 13.8 Å². The number of hydrogen-bond donors (Lipinski definition) is 0. The Kier molecular flexibility index (Phi) is 10.3. The standard InChI is InChI=1S/C35H40B2N2O3/c1-29-15-17-33(18-16-29)37(31-13-8-5-9-14-31)42-35(38-2)23-26-39(27-24-35)25-10-28-41-36(30-11-6-4-7-12-30)32-19-21-34(40-3)22-20-32/h4-9,11-22H,2,10,23-28H2,1,3H3. The van der Waals surface area contributed by atoms with Crippen molar-refractivity contribution in [1.82, 2.24) is 4.90 Å². The molecule has 0 amide bonds. The molecule has 0 atom stereocenters. The van der Waals surface area contributed by atoms with Crippen molar-refractivity contribution in [3.8, 4) is 5.75 Å². The van der Waals surface area contributed by atoms with Gasteiger partial charge in [-0.2, -0.15) is 0 Å². The summed E-state index contributed by atoms with van der Waals surface area (Å²) in [7, 11) is 1.69. The van der Waals surface area contributed by atoms with Crippen LogP contribution in [0.15, 0.2) is 114 Å². The number of piperidine rings is 1. The molecule has 5 nitrogen and oxygen atoms in total. The summed E-state index contributed by atoms with van der Waals surface area (Å²) in [5.41, 5.74) is 5.18. The smallest absolute Gasteiger partial charge is 0.363 e. The highest BCUT2D eigenvalue weighted by Crippen LogP contribution is 2.28. The van der Waals surface area contributed by atoms with Crippen LogP contribution >= 0.6 is 0 Å². The number of benzene rings is 4. The SMILES string of the molecule is C=NC1(OB(c2ccccc2)c2ccc(C)cc2)CCN(CCCOB(c2ccccc2)c2ccc(OC)cc2)CC1. The fourth-order valence-corrected chi connectivity index (χ4v) is 5.64. The van der Waals surface area contributed by atoms with E-state index < -0.39 is 5.72 Å². The number of aryl methyl sites for hydroxylation is 1. The summed E-state index contributed by atoms with van der Waals surface area (Å²) in [5, 5.41) is 0. The Morgan fingerprint density at radius 3 is 1.83 bits per heavy atom. The lowest BCUT2D eigenvalue weighted by Crippen LogP contribution is -2.54. The minimum absolute atomic E-state index is 0.110. The van der Waals surface area contributed by atoms with Gasteiger partial charge in [0.05, 0.1) is 7.11 Å². The van der Waals surface area contributed by atoms with E-state index in [1.54, 1.807) is 7.11 Å². The molecular formula is C35H40B2N2O3. The zero-order chi connectivity index (χ0) is 29.2. The Labute approximate surface area is 251 Å². The third kappa shape index (κ3) is 7.60. The van der Waals surface area contributed by atoms with Crippen LogP contribution in [-0.4, -0.2) is 64.5 Å². The predicted octanol–water partition coefficient (Wildman–Crippen LogP) is 3.83. The fourth-order valence-electron chi connectivity index (χ4n) is 5.64. The average Bonchev–Trinajstić information content (AvgIpc) is 3.06. The van der Waals surface area contributed by atoms with Gasteiger partial charge in [0.2, 0.25) is 0 Å². The van der Waals surface area contributed by atoms with E-state index in [1.165, 1.54) is 5.56 Å². The average molecular weight is 558 g/mol. The summed E-state index contributed by atoms with van der Waals surface area (Å²) in [4.78, 5) is 7.08. The van der Waals surface area contributed by atoms with Crippen molar-refractivity contribution < 1.29 is 14.0 Å². The molecule has 1 aliphatic rings. The lowest BCUT2D eigenvalue weighted by Gasteiger charge is -2.41. The van der Waals surface area contributed by atoms with E-state index in [4.69, 9.17) is 14.0 Å². The largest absolute Gasteiger partial charge is 0.497 e. The highest BCUT2D eigenvalue weighted by molar-refractivity contribution is 6.80. The van der Waals surface area contributed by atoms with E-state index in [1.807, 2.05) is 24.3 Å².